The zero-order valence-corrected chi connectivity index (χ0v) is 8.77. The minimum absolute atomic E-state index is 0.115. The maximum absolute atomic E-state index is 8.98. The largest absolute Gasteiger partial charge is 0.395 e. The van der Waals surface area contributed by atoms with E-state index >= 15 is 0 Å². The van der Waals surface area contributed by atoms with Crippen LogP contribution < -0.4 is 5.32 Å². The van der Waals surface area contributed by atoms with E-state index in [0.29, 0.717) is 12.2 Å². The van der Waals surface area contributed by atoms with Crippen molar-refractivity contribution in [3.8, 4) is 6.07 Å². The molecule has 0 spiro atoms. The Morgan fingerprint density at radius 3 is 3.07 bits per heavy atom. The van der Waals surface area contributed by atoms with Gasteiger partial charge in [0.2, 0.25) is 0 Å². The summed E-state index contributed by atoms with van der Waals surface area (Å²) in [6, 6.07) is 5.72. The Kier molecular flexibility index (Phi) is 4.75. The number of aliphatic hydroxyl groups is 1. The molecule has 1 aromatic rings. The SMILES string of the molecule is CCC(CO)NCc1ccnc(C#N)c1. The number of pyridine rings is 1. The van der Waals surface area contributed by atoms with Gasteiger partial charge in [-0.25, -0.2) is 4.98 Å². The molecule has 0 saturated heterocycles. The average Bonchev–Trinajstić information content (AvgIpc) is 2.31. The molecule has 0 amide bonds. The lowest BCUT2D eigenvalue weighted by molar-refractivity contribution is 0.238. The van der Waals surface area contributed by atoms with E-state index in [1.54, 1.807) is 12.3 Å². The number of nitrogens with zero attached hydrogens (tertiary/aromatic N) is 2. The van der Waals surface area contributed by atoms with E-state index < -0.39 is 0 Å². The van der Waals surface area contributed by atoms with Crippen LogP contribution in [0.15, 0.2) is 18.3 Å². The molecular weight excluding hydrogens is 190 g/mol. The second-order valence-corrected chi connectivity index (χ2v) is 3.33. The molecule has 0 fully saturated rings. The van der Waals surface area contributed by atoms with Crippen molar-refractivity contribution in [2.75, 3.05) is 6.61 Å². The Hall–Kier alpha value is -1.44. The van der Waals surface area contributed by atoms with E-state index in [9.17, 15) is 0 Å². The van der Waals surface area contributed by atoms with Gasteiger partial charge in [0.1, 0.15) is 11.8 Å². The highest BCUT2D eigenvalue weighted by molar-refractivity contribution is 5.25. The topological polar surface area (TPSA) is 68.9 Å². The molecule has 1 rings (SSSR count). The normalized spacial score (nSPS) is 12.1. The van der Waals surface area contributed by atoms with Crippen LogP contribution in [-0.2, 0) is 6.54 Å². The molecule has 0 aliphatic rings. The second kappa shape index (κ2) is 6.12. The predicted octanol–water partition coefficient (Wildman–Crippen LogP) is 0.814. The van der Waals surface area contributed by atoms with E-state index in [-0.39, 0.29) is 12.6 Å². The first-order valence-corrected chi connectivity index (χ1v) is 4.99. The van der Waals surface area contributed by atoms with Gasteiger partial charge >= 0.3 is 0 Å². The highest BCUT2D eigenvalue weighted by Crippen LogP contribution is 2.01. The Morgan fingerprint density at radius 1 is 1.67 bits per heavy atom. The van der Waals surface area contributed by atoms with Crippen LogP contribution in [0.2, 0.25) is 0 Å². The Bertz CT molecular complexity index is 342. The fourth-order valence-corrected chi connectivity index (χ4v) is 1.25. The van der Waals surface area contributed by atoms with Crippen LogP contribution in [-0.4, -0.2) is 22.7 Å². The van der Waals surface area contributed by atoms with Crippen LogP contribution in [0.25, 0.3) is 0 Å². The van der Waals surface area contributed by atoms with E-state index in [0.717, 1.165) is 12.0 Å². The number of hydrogen-bond donors (Lipinski definition) is 2. The van der Waals surface area contributed by atoms with Crippen molar-refractivity contribution in [3.05, 3.63) is 29.6 Å². The minimum atomic E-state index is 0.115. The molecule has 0 radical (unpaired) electrons. The van der Waals surface area contributed by atoms with Crippen molar-refractivity contribution in [1.82, 2.24) is 10.3 Å². The predicted molar refractivity (Wildman–Crippen MR) is 57.0 cm³/mol. The van der Waals surface area contributed by atoms with Gasteiger partial charge in [-0.05, 0) is 24.1 Å². The second-order valence-electron chi connectivity index (χ2n) is 3.33. The summed E-state index contributed by atoms with van der Waals surface area (Å²) >= 11 is 0. The van der Waals surface area contributed by atoms with Gasteiger partial charge in [0.25, 0.3) is 0 Å². The monoisotopic (exact) mass is 205 g/mol. The molecule has 0 aliphatic carbocycles. The molecule has 80 valence electrons. The van der Waals surface area contributed by atoms with E-state index in [1.165, 1.54) is 0 Å². The quantitative estimate of drug-likeness (QED) is 0.746. The van der Waals surface area contributed by atoms with Gasteiger partial charge in [-0.2, -0.15) is 5.26 Å². The average molecular weight is 205 g/mol. The van der Waals surface area contributed by atoms with E-state index in [2.05, 4.69) is 10.3 Å². The molecule has 1 heterocycles. The third kappa shape index (κ3) is 3.66. The maximum atomic E-state index is 8.98. The first-order chi connectivity index (χ1) is 7.30. The van der Waals surface area contributed by atoms with Crippen LogP contribution in [0.3, 0.4) is 0 Å². The fourth-order valence-electron chi connectivity index (χ4n) is 1.25. The van der Waals surface area contributed by atoms with Crippen molar-refractivity contribution < 1.29 is 5.11 Å². The molecule has 0 bridgehead atoms. The number of rotatable bonds is 5. The zero-order chi connectivity index (χ0) is 11.1. The smallest absolute Gasteiger partial charge is 0.140 e. The summed E-state index contributed by atoms with van der Waals surface area (Å²) in [5.74, 6) is 0. The molecule has 4 nitrogen and oxygen atoms in total. The number of hydrogen-bond acceptors (Lipinski definition) is 4. The summed E-state index contributed by atoms with van der Waals surface area (Å²) in [5.41, 5.74) is 1.43. The maximum Gasteiger partial charge on any atom is 0.140 e. The molecule has 1 unspecified atom stereocenters. The highest BCUT2D eigenvalue weighted by atomic mass is 16.3. The van der Waals surface area contributed by atoms with Gasteiger partial charge in [0.15, 0.2) is 0 Å². The first kappa shape index (κ1) is 11.6. The van der Waals surface area contributed by atoms with Crippen molar-refractivity contribution in [2.24, 2.45) is 0 Å². The summed E-state index contributed by atoms with van der Waals surface area (Å²) in [5, 5.41) is 20.8. The Morgan fingerprint density at radius 2 is 2.47 bits per heavy atom. The molecule has 4 heteroatoms. The summed E-state index contributed by atoms with van der Waals surface area (Å²) in [6.45, 7) is 2.80. The standard InChI is InChI=1S/C11H15N3O/c1-2-10(8-15)14-7-9-3-4-13-11(5-9)6-12/h3-5,10,14-15H,2,7-8H2,1H3. The van der Waals surface area contributed by atoms with Crippen molar-refractivity contribution >= 4 is 0 Å². The Balaban J connectivity index is 2.54. The van der Waals surface area contributed by atoms with E-state index in [4.69, 9.17) is 10.4 Å². The lowest BCUT2D eigenvalue weighted by Gasteiger charge is -2.13. The van der Waals surface area contributed by atoms with Gasteiger partial charge in [-0.1, -0.05) is 6.92 Å². The minimum Gasteiger partial charge on any atom is -0.395 e. The van der Waals surface area contributed by atoms with Crippen LogP contribution in [0, 0.1) is 11.3 Å². The third-order valence-electron chi connectivity index (χ3n) is 2.25. The van der Waals surface area contributed by atoms with Crippen LogP contribution >= 0.6 is 0 Å². The van der Waals surface area contributed by atoms with Crippen molar-refractivity contribution in [3.63, 3.8) is 0 Å². The van der Waals surface area contributed by atoms with Crippen LogP contribution in [0.1, 0.15) is 24.6 Å². The number of aliphatic hydroxyl groups excluding tert-OH is 1. The third-order valence-corrected chi connectivity index (χ3v) is 2.25. The molecule has 15 heavy (non-hydrogen) atoms. The van der Waals surface area contributed by atoms with Crippen molar-refractivity contribution in [2.45, 2.75) is 25.9 Å². The number of nitriles is 1. The lowest BCUT2D eigenvalue weighted by atomic mass is 10.2. The molecular formula is C11H15N3O. The van der Waals surface area contributed by atoms with Crippen molar-refractivity contribution in [1.29, 1.82) is 5.26 Å². The molecule has 1 atom stereocenters. The van der Waals surface area contributed by atoms with Gasteiger partial charge < -0.3 is 10.4 Å². The summed E-state index contributed by atoms with van der Waals surface area (Å²) < 4.78 is 0. The molecule has 1 aromatic heterocycles. The molecule has 0 aliphatic heterocycles. The van der Waals surface area contributed by atoms with Gasteiger partial charge in [-0.3, -0.25) is 0 Å². The highest BCUT2D eigenvalue weighted by Gasteiger charge is 2.03. The summed E-state index contributed by atoms with van der Waals surface area (Å²) in [6.07, 6.45) is 2.50. The molecule has 0 aromatic carbocycles. The molecule has 0 saturated carbocycles. The first-order valence-electron chi connectivity index (χ1n) is 4.99. The summed E-state index contributed by atoms with van der Waals surface area (Å²) in [7, 11) is 0. The molecule has 2 N–H and O–H groups in total. The van der Waals surface area contributed by atoms with Crippen LogP contribution in [0.4, 0.5) is 0 Å². The zero-order valence-electron chi connectivity index (χ0n) is 8.77. The summed E-state index contributed by atoms with van der Waals surface area (Å²) in [4.78, 5) is 3.89. The van der Waals surface area contributed by atoms with Gasteiger partial charge in [0, 0.05) is 18.8 Å². The van der Waals surface area contributed by atoms with Crippen LogP contribution in [0.5, 0.6) is 0 Å². The lowest BCUT2D eigenvalue weighted by Crippen LogP contribution is -2.31. The van der Waals surface area contributed by atoms with Gasteiger partial charge in [0.05, 0.1) is 6.61 Å². The fraction of sp³-hybridized carbons (Fsp3) is 0.455. The Labute approximate surface area is 89.6 Å². The van der Waals surface area contributed by atoms with E-state index in [1.807, 2.05) is 19.1 Å². The van der Waals surface area contributed by atoms with Gasteiger partial charge in [-0.15, -0.1) is 0 Å². The number of aromatic nitrogens is 1. The number of nitrogens with one attached hydrogen (secondary N) is 1.